The van der Waals surface area contributed by atoms with Crippen LogP contribution in [0.15, 0.2) is 0 Å². The highest BCUT2D eigenvalue weighted by Gasteiger charge is 2.25. The number of nitrogens with one attached hydrogen (secondary N) is 1. The first kappa shape index (κ1) is 21.2. The van der Waals surface area contributed by atoms with Crippen LogP contribution in [-0.2, 0) is 19.1 Å². The van der Waals surface area contributed by atoms with Crippen LogP contribution in [0.25, 0.3) is 0 Å². The van der Waals surface area contributed by atoms with Gasteiger partial charge in [0, 0.05) is 5.75 Å². The Balaban J connectivity index is 2.80. The van der Waals surface area contributed by atoms with Crippen molar-refractivity contribution in [1.82, 2.24) is 0 Å². The van der Waals surface area contributed by atoms with Crippen molar-refractivity contribution in [2.45, 2.75) is 27.2 Å². The average Bonchev–Trinajstić information content (AvgIpc) is 2.88. The minimum atomic E-state index is -0.572. The van der Waals surface area contributed by atoms with Crippen LogP contribution in [0.5, 0.6) is 0 Å². The van der Waals surface area contributed by atoms with Gasteiger partial charge in [0.1, 0.15) is 5.00 Å². The molecular weight excluding hydrogens is 366 g/mol. The van der Waals surface area contributed by atoms with Gasteiger partial charge in [0.05, 0.1) is 36.3 Å². The molecule has 0 fully saturated rings. The lowest BCUT2D eigenvalue weighted by Gasteiger charge is -2.07. The van der Waals surface area contributed by atoms with Crippen LogP contribution in [0.1, 0.15) is 45.9 Å². The SMILES string of the molecule is CCOC(=O)c1c(NC(=O)CSCCC(=O)OC)sc(C(C)=O)c1C. The number of thiophene rings is 1. The monoisotopic (exact) mass is 387 g/mol. The lowest BCUT2D eigenvalue weighted by atomic mass is 10.1. The van der Waals surface area contributed by atoms with Gasteiger partial charge >= 0.3 is 11.9 Å². The molecule has 25 heavy (non-hydrogen) atoms. The Hall–Kier alpha value is -1.87. The lowest BCUT2D eigenvalue weighted by Crippen LogP contribution is -2.17. The van der Waals surface area contributed by atoms with Gasteiger partial charge in [-0.15, -0.1) is 11.3 Å². The number of ether oxygens (including phenoxy) is 2. The molecule has 1 N–H and O–H groups in total. The van der Waals surface area contributed by atoms with Crippen LogP contribution >= 0.6 is 23.1 Å². The Morgan fingerprint density at radius 1 is 1.24 bits per heavy atom. The third-order valence-electron chi connectivity index (χ3n) is 3.11. The second kappa shape index (κ2) is 10.2. The maximum atomic E-state index is 12.1. The highest BCUT2D eigenvalue weighted by molar-refractivity contribution is 7.99. The minimum Gasteiger partial charge on any atom is -0.469 e. The van der Waals surface area contributed by atoms with Crippen LogP contribution in [0, 0.1) is 6.92 Å². The molecule has 0 saturated heterocycles. The van der Waals surface area contributed by atoms with E-state index in [9.17, 15) is 19.2 Å². The summed E-state index contributed by atoms with van der Waals surface area (Å²) in [6, 6.07) is 0. The number of carbonyl (C=O) groups excluding carboxylic acids is 4. The minimum absolute atomic E-state index is 0.117. The van der Waals surface area contributed by atoms with Gasteiger partial charge in [0.15, 0.2) is 5.78 Å². The van der Waals surface area contributed by atoms with Crippen molar-refractivity contribution >= 4 is 51.7 Å². The number of methoxy groups -OCH3 is 1. The maximum absolute atomic E-state index is 12.1. The van der Waals surface area contributed by atoms with Crippen LogP contribution in [0.3, 0.4) is 0 Å². The Morgan fingerprint density at radius 3 is 2.48 bits per heavy atom. The van der Waals surface area contributed by atoms with Crippen molar-refractivity contribution in [3.63, 3.8) is 0 Å². The van der Waals surface area contributed by atoms with Gasteiger partial charge in [-0.25, -0.2) is 4.79 Å². The van der Waals surface area contributed by atoms with E-state index in [2.05, 4.69) is 10.1 Å². The highest BCUT2D eigenvalue weighted by atomic mass is 32.2. The number of amides is 1. The zero-order valence-corrected chi connectivity index (χ0v) is 16.2. The largest absolute Gasteiger partial charge is 0.469 e. The van der Waals surface area contributed by atoms with Crippen LogP contribution in [0.4, 0.5) is 5.00 Å². The van der Waals surface area contributed by atoms with Gasteiger partial charge < -0.3 is 14.8 Å². The molecule has 0 radical (unpaired) electrons. The Labute approximate surface area is 154 Å². The summed E-state index contributed by atoms with van der Waals surface area (Å²) in [6.07, 6.45) is 0.217. The number of thioether (sulfide) groups is 1. The van der Waals surface area contributed by atoms with Crippen LogP contribution in [0.2, 0.25) is 0 Å². The lowest BCUT2D eigenvalue weighted by molar-refractivity contribution is -0.140. The first-order valence-electron chi connectivity index (χ1n) is 7.57. The number of hydrogen-bond donors (Lipinski definition) is 1. The van der Waals surface area contributed by atoms with Crippen molar-refractivity contribution in [2.75, 3.05) is 30.5 Å². The third kappa shape index (κ3) is 6.17. The van der Waals surface area contributed by atoms with E-state index in [1.807, 2.05) is 0 Å². The fraction of sp³-hybridized carbons (Fsp3) is 0.500. The van der Waals surface area contributed by atoms with E-state index < -0.39 is 5.97 Å². The quantitative estimate of drug-likeness (QED) is 0.395. The Kier molecular flexibility index (Phi) is 8.64. The van der Waals surface area contributed by atoms with Crippen LogP contribution in [-0.4, -0.2) is 48.9 Å². The van der Waals surface area contributed by atoms with Gasteiger partial charge in [0.2, 0.25) is 5.91 Å². The van der Waals surface area contributed by atoms with Crippen molar-refractivity contribution in [1.29, 1.82) is 0 Å². The normalized spacial score (nSPS) is 10.2. The van der Waals surface area contributed by atoms with E-state index in [0.717, 1.165) is 11.3 Å². The smallest absolute Gasteiger partial charge is 0.341 e. The summed E-state index contributed by atoms with van der Waals surface area (Å²) in [5.74, 6) is -0.842. The summed E-state index contributed by atoms with van der Waals surface area (Å²) in [6.45, 7) is 4.93. The van der Waals surface area contributed by atoms with Crippen molar-refractivity contribution in [3.8, 4) is 0 Å². The summed E-state index contributed by atoms with van der Waals surface area (Å²) in [7, 11) is 1.31. The van der Waals surface area contributed by atoms with E-state index in [1.54, 1.807) is 13.8 Å². The molecule has 9 heteroatoms. The number of esters is 2. The molecule has 0 aromatic carbocycles. The van der Waals surface area contributed by atoms with Crippen molar-refractivity contribution < 1.29 is 28.7 Å². The molecule has 7 nitrogen and oxygen atoms in total. The summed E-state index contributed by atoms with van der Waals surface area (Å²) >= 11 is 2.33. The number of ketones is 1. The molecule has 0 aliphatic rings. The summed E-state index contributed by atoms with van der Waals surface area (Å²) in [5, 5.41) is 2.96. The molecule has 1 rings (SSSR count). The number of rotatable bonds is 9. The molecule has 0 aliphatic carbocycles. The fourth-order valence-corrected chi connectivity index (χ4v) is 3.79. The molecule has 1 aromatic rings. The number of Topliss-reactive ketones (excluding diaryl/α,β-unsaturated/α-hetero) is 1. The molecule has 138 valence electrons. The van der Waals surface area contributed by atoms with Gasteiger partial charge in [-0.2, -0.15) is 11.8 Å². The zero-order chi connectivity index (χ0) is 19.0. The van der Waals surface area contributed by atoms with E-state index in [1.165, 1.54) is 25.8 Å². The Morgan fingerprint density at radius 2 is 1.92 bits per heavy atom. The first-order valence-corrected chi connectivity index (χ1v) is 9.54. The first-order chi connectivity index (χ1) is 11.8. The fourth-order valence-electron chi connectivity index (χ4n) is 1.97. The molecule has 0 saturated carbocycles. The zero-order valence-electron chi connectivity index (χ0n) is 14.6. The van der Waals surface area contributed by atoms with E-state index in [-0.39, 0.29) is 42.0 Å². The predicted molar refractivity (Wildman–Crippen MR) is 97.6 cm³/mol. The van der Waals surface area contributed by atoms with Gasteiger partial charge in [-0.3, -0.25) is 14.4 Å². The maximum Gasteiger partial charge on any atom is 0.341 e. The van der Waals surface area contributed by atoms with Gasteiger partial charge in [-0.05, 0) is 26.3 Å². The highest BCUT2D eigenvalue weighted by Crippen LogP contribution is 2.34. The number of carbonyl (C=O) groups is 4. The van der Waals surface area contributed by atoms with Crippen molar-refractivity contribution in [3.05, 3.63) is 16.0 Å². The van der Waals surface area contributed by atoms with E-state index >= 15 is 0 Å². The van der Waals surface area contributed by atoms with Crippen LogP contribution < -0.4 is 5.32 Å². The molecule has 1 amide bonds. The van der Waals surface area contributed by atoms with Gasteiger partial charge in [-0.1, -0.05) is 0 Å². The van der Waals surface area contributed by atoms with E-state index in [0.29, 0.717) is 21.2 Å². The summed E-state index contributed by atoms with van der Waals surface area (Å²) < 4.78 is 9.53. The predicted octanol–water partition coefficient (Wildman–Crippen LogP) is 2.67. The standard InChI is InChI=1S/C16H21NO6S2/c1-5-23-16(21)13-9(2)14(10(3)18)25-15(13)17-11(19)8-24-7-6-12(20)22-4/h5-8H2,1-4H3,(H,17,19). The summed E-state index contributed by atoms with van der Waals surface area (Å²) in [4.78, 5) is 47.3. The number of hydrogen-bond acceptors (Lipinski definition) is 8. The second-order valence-corrected chi connectivity index (χ2v) is 7.09. The summed E-state index contributed by atoms with van der Waals surface area (Å²) in [5.41, 5.74) is 0.717. The molecule has 1 aromatic heterocycles. The molecule has 0 aliphatic heterocycles. The molecular formula is C16H21NO6S2. The molecule has 0 spiro atoms. The Bertz CT molecular complexity index is 668. The third-order valence-corrected chi connectivity index (χ3v) is 5.38. The van der Waals surface area contributed by atoms with Gasteiger partial charge in [0.25, 0.3) is 0 Å². The molecule has 0 unspecified atom stereocenters. The molecule has 0 bridgehead atoms. The molecule has 0 atom stereocenters. The second-order valence-electron chi connectivity index (χ2n) is 4.96. The van der Waals surface area contributed by atoms with E-state index in [4.69, 9.17) is 4.74 Å². The van der Waals surface area contributed by atoms with Crippen molar-refractivity contribution in [2.24, 2.45) is 0 Å². The topological polar surface area (TPSA) is 98.8 Å². The average molecular weight is 387 g/mol. The number of anilines is 1. The molecule has 1 heterocycles.